The van der Waals surface area contributed by atoms with E-state index in [1.807, 2.05) is 0 Å². The molecule has 1 heterocycles. The maximum atomic E-state index is 12.7. The van der Waals surface area contributed by atoms with Gasteiger partial charge in [0.15, 0.2) is 5.11 Å². The zero-order valence-electron chi connectivity index (χ0n) is 12.3. The van der Waals surface area contributed by atoms with Gasteiger partial charge in [0.25, 0.3) is 11.8 Å². The second-order valence-electron chi connectivity index (χ2n) is 5.04. The van der Waals surface area contributed by atoms with E-state index in [1.54, 1.807) is 30.3 Å². The highest BCUT2D eigenvalue weighted by molar-refractivity contribution is 7.80. The molecule has 3 N–H and O–H groups in total. The highest BCUT2D eigenvalue weighted by atomic mass is 32.1. The molecule has 0 unspecified atom stereocenters. The molecule has 1 aliphatic heterocycles. The van der Waals surface area contributed by atoms with Gasteiger partial charge in [-0.2, -0.15) is 0 Å². The number of thiocarbonyl (C=S) groups is 1. The topological polar surface area (TPSA) is 89.9 Å². The number of benzene rings is 2. The summed E-state index contributed by atoms with van der Waals surface area (Å²) in [4.78, 5) is 26.0. The van der Waals surface area contributed by atoms with Crippen LogP contribution in [0.3, 0.4) is 0 Å². The van der Waals surface area contributed by atoms with E-state index >= 15 is 0 Å². The Kier molecular flexibility index (Phi) is 4.01. The first-order valence-electron chi connectivity index (χ1n) is 6.96. The molecule has 0 aliphatic carbocycles. The van der Waals surface area contributed by atoms with Crippen LogP contribution in [-0.4, -0.2) is 27.1 Å². The number of amides is 2. The zero-order chi connectivity index (χ0) is 17.3. The summed E-state index contributed by atoms with van der Waals surface area (Å²) < 4.78 is 0. The molecule has 0 saturated carbocycles. The highest BCUT2D eigenvalue weighted by Crippen LogP contribution is 2.27. The van der Waals surface area contributed by atoms with E-state index < -0.39 is 11.8 Å². The van der Waals surface area contributed by atoms with Gasteiger partial charge in [0.05, 0.1) is 5.69 Å². The summed E-state index contributed by atoms with van der Waals surface area (Å²) in [6.45, 7) is 0. The lowest BCUT2D eigenvalue weighted by Crippen LogP contribution is -2.54. The number of hydrogen-bond acceptors (Lipinski definition) is 5. The fourth-order valence-corrected chi connectivity index (χ4v) is 2.56. The maximum absolute atomic E-state index is 12.7. The van der Waals surface area contributed by atoms with Crippen molar-refractivity contribution in [3.63, 3.8) is 0 Å². The minimum atomic E-state index is -0.648. The molecule has 120 valence electrons. The minimum Gasteiger partial charge on any atom is -0.508 e. The van der Waals surface area contributed by atoms with Gasteiger partial charge in [0, 0.05) is 11.6 Å². The number of nitrogens with one attached hydrogen (secondary N) is 1. The van der Waals surface area contributed by atoms with Crippen LogP contribution in [0.1, 0.15) is 5.56 Å². The molecule has 0 spiro atoms. The summed E-state index contributed by atoms with van der Waals surface area (Å²) in [5.74, 6) is -1.62. The van der Waals surface area contributed by atoms with E-state index in [1.165, 1.54) is 23.1 Å². The Morgan fingerprint density at radius 3 is 2.42 bits per heavy atom. The van der Waals surface area contributed by atoms with E-state index in [0.717, 1.165) is 6.07 Å². The van der Waals surface area contributed by atoms with Crippen LogP contribution in [0.2, 0.25) is 0 Å². The first-order valence-corrected chi connectivity index (χ1v) is 7.36. The van der Waals surface area contributed by atoms with Crippen LogP contribution in [-0.2, 0) is 9.59 Å². The Morgan fingerprint density at radius 1 is 1.04 bits per heavy atom. The molecule has 2 aromatic rings. The summed E-state index contributed by atoms with van der Waals surface area (Å²) in [6.07, 6.45) is 1.25. The van der Waals surface area contributed by atoms with Crippen molar-refractivity contribution in [2.24, 2.45) is 0 Å². The minimum absolute atomic E-state index is 0.0109. The molecule has 0 bridgehead atoms. The first-order chi connectivity index (χ1) is 11.5. The van der Waals surface area contributed by atoms with Gasteiger partial charge >= 0.3 is 0 Å². The van der Waals surface area contributed by atoms with Gasteiger partial charge in [-0.3, -0.25) is 19.8 Å². The second kappa shape index (κ2) is 6.13. The predicted molar refractivity (Wildman–Crippen MR) is 92.4 cm³/mol. The van der Waals surface area contributed by atoms with Crippen LogP contribution in [0.25, 0.3) is 6.08 Å². The number of phenols is 2. The third kappa shape index (κ3) is 2.84. The van der Waals surface area contributed by atoms with E-state index in [9.17, 15) is 19.8 Å². The number of aromatic hydroxyl groups is 2. The molecule has 3 rings (SSSR count). The van der Waals surface area contributed by atoms with Gasteiger partial charge in [0.1, 0.15) is 17.1 Å². The van der Waals surface area contributed by atoms with Crippen LogP contribution in [0, 0.1) is 0 Å². The molecule has 24 heavy (non-hydrogen) atoms. The lowest BCUT2D eigenvalue weighted by Gasteiger charge is -2.28. The molecule has 1 aliphatic rings. The fraction of sp³-hybridized carbons (Fsp3) is 0. The lowest BCUT2D eigenvalue weighted by molar-refractivity contribution is -0.122. The standard InChI is InChI=1S/C17H12N2O4S/c20-12-7-6-10(14(21)9-12)8-13-15(22)18-17(24)19(16(13)23)11-4-2-1-3-5-11/h1-9,20-21H,(H,18,22,24)/b13-8+. The number of nitrogens with zero attached hydrogens (tertiary/aromatic N) is 1. The van der Waals surface area contributed by atoms with Gasteiger partial charge in [-0.15, -0.1) is 0 Å². The summed E-state index contributed by atoms with van der Waals surface area (Å²) >= 11 is 5.09. The van der Waals surface area contributed by atoms with Crippen LogP contribution >= 0.6 is 12.2 Å². The maximum Gasteiger partial charge on any atom is 0.270 e. The summed E-state index contributed by atoms with van der Waals surface area (Å²) in [7, 11) is 0. The molecular formula is C17H12N2O4S. The van der Waals surface area contributed by atoms with E-state index in [0.29, 0.717) is 5.69 Å². The van der Waals surface area contributed by atoms with Crippen LogP contribution in [0.15, 0.2) is 54.1 Å². The van der Waals surface area contributed by atoms with Crippen molar-refractivity contribution in [3.05, 3.63) is 59.7 Å². The van der Waals surface area contributed by atoms with Crippen molar-refractivity contribution in [2.45, 2.75) is 0 Å². The fourth-order valence-electron chi connectivity index (χ4n) is 2.28. The van der Waals surface area contributed by atoms with Crippen molar-refractivity contribution in [3.8, 4) is 11.5 Å². The normalized spacial score (nSPS) is 16.4. The van der Waals surface area contributed by atoms with Gasteiger partial charge in [-0.1, -0.05) is 18.2 Å². The number of carbonyl (C=O) groups excluding carboxylic acids is 2. The Morgan fingerprint density at radius 2 is 1.75 bits per heavy atom. The summed E-state index contributed by atoms with van der Waals surface area (Å²) in [5, 5.41) is 21.6. The third-order valence-corrected chi connectivity index (χ3v) is 3.71. The predicted octanol–water partition coefficient (Wildman–Crippen LogP) is 1.93. The number of anilines is 1. The number of carbonyl (C=O) groups is 2. The van der Waals surface area contributed by atoms with Gasteiger partial charge in [0.2, 0.25) is 0 Å². The molecule has 1 saturated heterocycles. The van der Waals surface area contributed by atoms with Crippen molar-refractivity contribution in [2.75, 3.05) is 4.90 Å². The van der Waals surface area contributed by atoms with Crippen molar-refractivity contribution in [1.29, 1.82) is 0 Å². The molecule has 0 radical (unpaired) electrons. The van der Waals surface area contributed by atoms with Crippen LogP contribution < -0.4 is 10.2 Å². The largest absolute Gasteiger partial charge is 0.508 e. The van der Waals surface area contributed by atoms with Crippen LogP contribution in [0.5, 0.6) is 11.5 Å². The van der Waals surface area contributed by atoms with Gasteiger partial charge in [-0.05, 0) is 42.6 Å². The second-order valence-corrected chi connectivity index (χ2v) is 5.42. The van der Waals surface area contributed by atoms with Crippen molar-refractivity contribution >= 4 is 40.9 Å². The molecule has 6 nitrogen and oxygen atoms in total. The average molecular weight is 340 g/mol. The number of para-hydroxylation sites is 1. The van der Waals surface area contributed by atoms with Crippen molar-refractivity contribution < 1.29 is 19.8 Å². The summed E-state index contributed by atoms with van der Waals surface area (Å²) in [6, 6.07) is 12.5. The Bertz CT molecular complexity index is 877. The number of phenolic OH excluding ortho intramolecular Hbond substituents is 2. The monoisotopic (exact) mass is 340 g/mol. The number of hydrogen-bond donors (Lipinski definition) is 3. The Balaban J connectivity index is 2.04. The Labute approximate surface area is 142 Å². The van der Waals surface area contributed by atoms with E-state index in [4.69, 9.17) is 12.2 Å². The molecule has 0 aromatic heterocycles. The lowest BCUT2D eigenvalue weighted by atomic mass is 10.1. The van der Waals surface area contributed by atoms with Crippen molar-refractivity contribution in [1.82, 2.24) is 5.32 Å². The molecule has 0 atom stereocenters. The van der Waals surface area contributed by atoms with E-state index in [-0.39, 0.29) is 27.7 Å². The first kappa shape index (κ1) is 15.7. The van der Waals surface area contributed by atoms with E-state index in [2.05, 4.69) is 5.32 Å². The number of rotatable bonds is 2. The quantitative estimate of drug-likeness (QED) is 0.442. The third-order valence-electron chi connectivity index (χ3n) is 3.43. The van der Waals surface area contributed by atoms with Crippen LogP contribution in [0.4, 0.5) is 5.69 Å². The zero-order valence-corrected chi connectivity index (χ0v) is 13.1. The van der Waals surface area contributed by atoms with Gasteiger partial charge < -0.3 is 10.2 Å². The summed E-state index contributed by atoms with van der Waals surface area (Å²) in [5.41, 5.74) is 0.578. The highest BCUT2D eigenvalue weighted by Gasteiger charge is 2.34. The molecular weight excluding hydrogens is 328 g/mol. The smallest absolute Gasteiger partial charge is 0.270 e. The molecule has 2 aromatic carbocycles. The SMILES string of the molecule is O=C1NC(=S)N(c2ccccc2)C(=O)/C1=C/c1ccc(O)cc1O. The molecule has 7 heteroatoms. The molecule has 1 fully saturated rings. The van der Waals surface area contributed by atoms with Gasteiger partial charge in [-0.25, -0.2) is 0 Å². The Hall–Kier alpha value is -3.19. The average Bonchev–Trinajstić information content (AvgIpc) is 2.54. The molecule has 2 amide bonds.